The number of fused-ring (bicyclic) bond motifs is 1. The van der Waals surface area contributed by atoms with Gasteiger partial charge in [0.25, 0.3) is 0 Å². The van der Waals surface area contributed by atoms with Crippen molar-refractivity contribution in [3.8, 4) is 17.1 Å². The van der Waals surface area contributed by atoms with Crippen LogP contribution in [0.15, 0.2) is 69.8 Å². The van der Waals surface area contributed by atoms with Crippen LogP contribution in [0.3, 0.4) is 0 Å². The third kappa shape index (κ3) is 4.07. The number of carbonyl (C=O) groups is 1. The van der Waals surface area contributed by atoms with Crippen LogP contribution in [0.2, 0.25) is 0 Å². The highest BCUT2D eigenvalue weighted by atomic mass is 79.9. The number of rotatable bonds is 6. The monoisotopic (exact) mass is 453 g/mol. The van der Waals surface area contributed by atoms with E-state index in [1.165, 1.54) is 13.4 Å². The van der Waals surface area contributed by atoms with Gasteiger partial charge in [-0.05, 0) is 28.1 Å². The van der Waals surface area contributed by atoms with Gasteiger partial charge < -0.3 is 19.2 Å². The molecular formula is C21H16BrN3O4. The van der Waals surface area contributed by atoms with Crippen molar-refractivity contribution in [2.45, 2.75) is 0 Å². The van der Waals surface area contributed by atoms with Crippen molar-refractivity contribution in [2.75, 3.05) is 19.0 Å². The summed E-state index contributed by atoms with van der Waals surface area (Å²) >= 11 is 3.63. The average molecular weight is 454 g/mol. The minimum Gasteiger partial charge on any atom is -0.482 e. The van der Waals surface area contributed by atoms with Crippen LogP contribution < -0.4 is 10.1 Å². The van der Waals surface area contributed by atoms with Gasteiger partial charge in [0.15, 0.2) is 12.4 Å². The Balaban J connectivity index is 1.65. The van der Waals surface area contributed by atoms with E-state index >= 15 is 0 Å². The van der Waals surface area contributed by atoms with Crippen LogP contribution in [0.4, 0.5) is 11.5 Å². The van der Waals surface area contributed by atoms with E-state index in [0.717, 1.165) is 21.1 Å². The van der Waals surface area contributed by atoms with Gasteiger partial charge in [0.1, 0.15) is 17.9 Å². The first-order chi connectivity index (χ1) is 14.2. The number of halogens is 1. The highest BCUT2D eigenvalue weighted by Crippen LogP contribution is 2.40. The first-order valence-electron chi connectivity index (χ1n) is 8.71. The number of hydrogen-bond donors (Lipinski definition) is 1. The summed E-state index contributed by atoms with van der Waals surface area (Å²) in [6.45, 7) is -0.161. The lowest BCUT2D eigenvalue weighted by molar-refractivity contribution is -0.142. The molecule has 0 fully saturated rings. The molecule has 0 saturated heterocycles. The number of anilines is 2. The van der Waals surface area contributed by atoms with E-state index in [1.54, 1.807) is 12.1 Å². The van der Waals surface area contributed by atoms with Crippen molar-refractivity contribution in [3.63, 3.8) is 0 Å². The van der Waals surface area contributed by atoms with Crippen molar-refractivity contribution in [3.05, 3.63) is 65.4 Å². The molecule has 0 aliphatic rings. The van der Waals surface area contributed by atoms with E-state index in [1.807, 2.05) is 42.5 Å². The number of carbonyl (C=O) groups excluding carboxylic acids is 1. The topological polar surface area (TPSA) is 86.5 Å². The molecule has 2 heterocycles. The highest BCUT2D eigenvalue weighted by Gasteiger charge is 2.19. The summed E-state index contributed by atoms with van der Waals surface area (Å²) in [5.74, 6) is 1.34. The zero-order chi connectivity index (χ0) is 20.2. The fourth-order valence-electron chi connectivity index (χ4n) is 2.77. The van der Waals surface area contributed by atoms with Gasteiger partial charge in [0.2, 0.25) is 5.71 Å². The molecule has 0 bridgehead atoms. The number of esters is 1. The quantitative estimate of drug-likeness (QED) is 0.413. The lowest BCUT2D eigenvalue weighted by Crippen LogP contribution is -2.12. The van der Waals surface area contributed by atoms with E-state index in [2.05, 4.69) is 36.0 Å². The van der Waals surface area contributed by atoms with Crippen LogP contribution in [0, 0.1) is 0 Å². The predicted molar refractivity (Wildman–Crippen MR) is 112 cm³/mol. The smallest absolute Gasteiger partial charge is 0.343 e. The van der Waals surface area contributed by atoms with Crippen molar-refractivity contribution in [1.29, 1.82) is 0 Å². The molecular weight excluding hydrogens is 438 g/mol. The maximum Gasteiger partial charge on any atom is 0.343 e. The number of benzene rings is 2. The molecule has 7 nitrogen and oxygen atoms in total. The molecule has 0 unspecified atom stereocenters. The zero-order valence-electron chi connectivity index (χ0n) is 15.4. The maximum atomic E-state index is 11.3. The number of ether oxygens (including phenoxy) is 2. The molecule has 146 valence electrons. The van der Waals surface area contributed by atoms with Crippen LogP contribution in [-0.4, -0.2) is 29.7 Å². The van der Waals surface area contributed by atoms with E-state index in [0.29, 0.717) is 23.0 Å². The summed E-state index contributed by atoms with van der Waals surface area (Å²) in [6, 6.07) is 17.0. The number of furan rings is 1. The standard InChI is InChI=1S/C21H16BrN3O4/c1-27-16(26)11-28-15-9-5-8-14(10-15)25-20-17-18(22)19(13-6-3-2-4-7-13)29-21(17)24-12-23-20/h2-10,12H,11H2,1H3,(H,23,24,25). The second-order valence-electron chi connectivity index (χ2n) is 6.03. The summed E-state index contributed by atoms with van der Waals surface area (Å²) in [7, 11) is 1.32. The van der Waals surface area contributed by atoms with Gasteiger partial charge >= 0.3 is 5.97 Å². The van der Waals surface area contributed by atoms with Crippen LogP contribution >= 0.6 is 15.9 Å². The molecule has 2 aromatic carbocycles. The second kappa shape index (κ2) is 8.32. The molecule has 1 N–H and O–H groups in total. The Labute approximate surface area is 174 Å². The van der Waals surface area contributed by atoms with Gasteiger partial charge in [0, 0.05) is 17.3 Å². The average Bonchev–Trinajstić information content (AvgIpc) is 3.10. The Morgan fingerprint density at radius 2 is 1.97 bits per heavy atom. The molecule has 0 spiro atoms. The molecule has 0 radical (unpaired) electrons. The SMILES string of the molecule is COC(=O)COc1cccc(Nc2ncnc3oc(-c4ccccc4)c(Br)c23)c1. The van der Waals surface area contributed by atoms with Crippen LogP contribution in [0.5, 0.6) is 5.75 Å². The largest absolute Gasteiger partial charge is 0.482 e. The van der Waals surface area contributed by atoms with E-state index in [-0.39, 0.29) is 6.61 Å². The van der Waals surface area contributed by atoms with Crippen molar-refractivity contribution < 1.29 is 18.7 Å². The van der Waals surface area contributed by atoms with E-state index in [4.69, 9.17) is 9.15 Å². The van der Waals surface area contributed by atoms with Crippen molar-refractivity contribution >= 4 is 44.5 Å². The lowest BCUT2D eigenvalue weighted by atomic mass is 10.1. The predicted octanol–water partition coefficient (Wildman–Crippen LogP) is 4.95. The zero-order valence-corrected chi connectivity index (χ0v) is 17.0. The lowest BCUT2D eigenvalue weighted by Gasteiger charge is -2.09. The first-order valence-corrected chi connectivity index (χ1v) is 9.50. The summed E-state index contributed by atoms with van der Waals surface area (Å²) in [4.78, 5) is 19.9. The van der Waals surface area contributed by atoms with Gasteiger partial charge in [-0.1, -0.05) is 36.4 Å². The molecule has 8 heteroatoms. The molecule has 4 aromatic rings. The first kappa shape index (κ1) is 18.9. The number of hydrogen-bond acceptors (Lipinski definition) is 7. The molecule has 2 aromatic heterocycles. The molecule has 4 rings (SSSR count). The Bertz CT molecular complexity index is 1160. The summed E-state index contributed by atoms with van der Waals surface area (Å²) in [5, 5.41) is 3.99. The molecule has 0 aliphatic carbocycles. The van der Waals surface area contributed by atoms with Crippen molar-refractivity contribution in [2.24, 2.45) is 0 Å². The van der Waals surface area contributed by atoms with Gasteiger partial charge in [-0.3, -0.25) is 0 Å². The van der Waals surface area contributed by atoms with Gasteiger partial charge in [0.05, 0.1) is 17.0 Å². The Morgan fingerprint density at radius 3 is 2.76 bits per heavy atom. The normalized spacial score (nSPS) is 10.7. The second-order valence-corrected chi connectivity index (χ2v) is 6.82. The minimum absolute atomic E-state index is 0.161. The fourth-order valence-corrected chi connectivity index (χ4v) is 3.44. The Kier molecular flexibility index (Phi) is 5.44. The number of methoxy groups -OCH3 is 1. The van der Waals surface area contributed by atoms with E-state index in [9.17, 15) is 4.79 Å². The third-order valence-corrected chi connectivity index (χ3v) is 4.90. The number of nitrogens with zero attached hydrogens (tertiary/aromatic N) is 2. The van der Waals surface area contributed by atoms with E-state index < -0.39 is 5.97 Å². The van der Waals surface area contributed by atoms with Gasteiger partial charge in [-0.15, -0.1) is 0 Å². The highest BCUT2D eigenvalue weighted by molar-refractivity contribution is 9.10. The van der Waals surface area contributed by atoms with Gasteiger partial charge in [-0.2, -0.15) is 0 Å². The molecule has 29 heavy (non-hydrogen) atoms. The summed E-state index contributed by atoms with van der Waals surface area (Å²) in [6.07, 6.45) is 1.44. The van der Waals surface area contributed by atoms with Crippen LogP contribution in [0.25, 0.3) is 22.4 Å². The fraction of sp³-hybridized carbons (Fsp3) is 0.0952. The summed E-state index contributed by atoms with van der Waals surface area (Å²) in [5.41, 5.74) is 2.13. The molecule has 0 saturated carbocycles. The number of nitrogens with one attached hydrogen (secondary N) is 1. The maximum absolute atomic E-state index is 11.3. The minimum atomic E-state index is -0.448. The van der Waals surface area contributed by atoms with Crippen LogP contribution in [0.1, 0.15) is 0 Å². The molecule has 0 atom stereocenters. The summed E-state index contributed by atoms with van der Waals surface area (Å²) < 4.78 is 16.7. The third-order valence-electron chi connectivity index (χ3n) is 4.15. The molecule has 0 amide bonds. The van der Waals surface area contributed by atoms with Crippen LogP contribution in [-0.2, 0) is 9.53 Å². The van der Waals surface area contributed by atoms with Gasteiger partial charge in [-0.25, -0.2) is 14.8 Å². The van der Waals surface area contributed by atoms with Crippen molar-refractivity contribution in [1.82, 2.24) is 9.97 Å². The Hall–Kier alpha value is -3.39. The molecule has 0 aliphatic heterocycles. The number of aromatic nitrogens is 2. The Morgan fingerprint density at radius 1 is 1.14 bits per heavy atom.